The van der Waals surface area contributed by atoms with E-state index in [2.05, 4.69) is 0 Å². The zero-order valence-electron chi connectivity index (χ0n) is 9.67. The molecule has 1 aromatic carbocycles. The quantitative estimate of drug-likeness (QED) is 0.794. The van der Waals surface area contributed by atoms with Gasteiger partial charge in [-0.25, -0.2) is 0 Å². The molecule has 0 unspecified atom stereocenters. The summed E-state index contributed by atoms with van der Waals surface area (Å²) in [5, 5.41) is 8.61. The van der Waals surface area contributed by atoms with Gasteiger partial charge in [0.15, 0.2) is 0 Å². The molecule has 1 aliphatic heterocycles. The second-order valence-electron chi connectivity index (χ2n) is 3.81. The average molecular weight is 249 g/mol. The Morgan fingerprint density at radius 1 is 1.39 bits per heavy atom. The lowest BCUT2D eigenvalue weighted by Gasteiger charge is -2.15. The number of fused-ring (bicyclic) bond motifs is 1. The lowest BCUT2D eigenvalue weighted by atomic mass is 10.1. The van der Waals surface area contributed by atoms with Crippen LogP contribution in [0.2, 0.25) is 0 Å². The van der Waals surface area contributed by atoms with Crippen molar-refractivity contribution in [2.75, 3.05) is 18.6 Å². The number of amides is 1. The Balaban J connectivity index is 2.34. The maximum absolute atomic E-state index is 11.7. The highest BCUT2D eigenvalue weighted by molar-refractivity contribution is 6.52. The number of nitrogens with zero attached hydrogens (tertiary/aromatic N) is 1. The van der Waals surface area contributed by atoms with E-state index in [9.17, 15) is 14.4 Å². The average Bonchev–Trinajstić information content (AvgIpc) is 2.59. The molecule has 0 fully saturated rings. The van der Waals surface area contributed by atoms with E-state index in [1.54, 1.807) is 12.1 Å². The van der Waals surface area contributed by atoms with Crippen molar-refractivity contribution in [1.29, 1.82) is 0 Å². The van der Waals surface area contributed by atoms with E-state index in [-0.39, 0.29) is 18.5 Å². The van der Waals surface area contributed by atoms with Crippen LogP contribution >= 0.6 is 0 Å². The molecule has 0 atom stereocenters. The van der Waals surface area contributed by atoms with E-state index in [4.69, 9.17) is 9.84 Å². The molecule has 18 heavy (non-hydrogen) atoms. The second-order valence-corrected chi connectivity index (χ2v) is 3.81. The Labute approximate surface area is 103 Å². The minimum absolute atomic E-state index is 0.0146. The molecule has 1 heterocycles. The maximum atomic E-state index is 11.7. The summed E-state index contributed by atoms with van der Waals surface area (Å²) >= 11 is 0. The number of ketones is 1. The highest BCUT2D eigenvalue weighted by Crippen LogP contribution is 2.31. The third kappa shape index (κ3) is 1.92. The predicted octanol–water partition coefficient (Wildman–Crippen LogP) is 0.699. The van der Waals surface area contributed by atoms with Crippen LogP contribution in [0.25, 0.3) is 0 Å². The van der Waals surface area contributed by atoms with E-state index in [0.29, 0.717) is 11.4 Å². The highest BCUT2D eigenvalue weighted by atomic mass is 16.5. The van der Waals surface area contributed by atoms with Crippen LogP contribution in [0, 0.1) is 0 Å². The molecule has 1 amide bonds. The third-order valence-corrected chi connectivity index (χ3v) is 2.73. The van der Waals surface area contributed by atoms with Gasteiger partial charge in [0, 0.05) is 6.54 Å². The molecule has 0 saturated carbocycles. The van der Waals surface area contributed by atoms with Crippen LogP contribution in [-0.4, -0.2) is 36.4 Å². The van der Waals surface area contributed by atoms with Crippen LogP contribution < -0.4 is 9.64 Å². The Hall–Kier alpha value is -2.37. The number of anilines is 1. The van der Waals surface area contributed by atoms with E-state index in [0.717, 1.165) is 0 Å². The summed E-state index contributed by atoms with van der Waals surface area (Å²) in [7, 11) is 1.46. The largest absolute Gasteiger partial charge is 0.497 e. The van der Waals surface area contributed by atoms with Gasteiger partial charge in [0.25, 0.3) is 11.7 Å². The number of carboxylic acid groups (broad SMARTS) is 1. The first-order valence-electron chi connectivity index (χ1n) is 5.30. The lowest BCUT2D eigenvalue weighted by molar-refractivity contribution is -0.136. The van der Waals surface area contributed by atoms with Crippen molar-refractivity contribution in [3.63, 3.8) is 0 Å². The molecule has 1 aromatic rings. The molecule has 94 valence electrons. The number of carbonyl (C=O) groups excluding carboxylic acids is 2. The summed E-state index contributed by atoms with van der Waals surface area (Å²) in [6, 6.07) is 4.69. The molecule has 0 aromatic heterocycles. The molecule has 1 aliphatic rings. The molecule has 1 N–H and O–H groups in total. The summed E-state index contributed by atoms with van der Waals surface area (Å²) in [5.74, 6) is -1.86. The first kappa shape index (κ1) is 12.1. The molecule has 2 rings (SSSR count). The van der Waals surface area contributed by atoms with Crippen molar-refractivity contribution in [2.45, 2.75) is 6.42 Å². The number of carboxylic acids is 1. The summed E-state index contributed by atoms with van der Waals surface area (Å²) in [6.07, 6.45) is -0.204. The Morgan fingerprint density at radius 3 is 2.72 bits per heavy atom. The number of ether oxygens (including phenoxy) is 1. The molecule has 0 radical (unpaired) electrons. The smallest absolute Gasteiger partial charge is 0.305 e. The first-order valence-corrected chi connectivity index (χ1v) is 5.30. The van der Waals surface area contributed by atoms with Crippen molar-refractivity contribution < 1.29 is 24.2 Å². The number of hydrogen-bond acceptors (Lipinski definition) is 4. The molecule has 0 saturated heterocycles. The van der Waals surface area contributed by atoms with Gasteiger partial charge in [0.1, 0.15) is 5.75 Å². The van der Waals surface area contributed by atoms with Gasteiger partial charge >= 0.3 is 5.97 Å². The van der Waals surface area contributed by atoms with Crippen LogP contribution in [0.5, 0.6) is 5.75 Å². The number of Topliss-reactive ketones (excluding diaryl/α,β-unsaturated/α-hetero) is 1. The maximum Gasteiger partial charge on any atom is 0.305 e. The molecule has 6 nitrogen and oxygen atoms in total. The van der Waals surface area contributed by atoms with Gasteiger partial charge in [-0.05, 0) is 18.2 Å². The fraction of sp³-hybridized carbons (Fsp3) is 0.250. The SMILES string of the molecule is COc1ccc2c(c1)C(=O)C(=O)N2CCC(=O)O. The Morgan fingerprint density at radius 2 is 2.11 bits per heavy atom. The minimum atomic E-state index is -1.02. The van der Waals surface area contributed by atoms with Crippen molar-refractivity contribution in [2.24, 2.45) is 0 Å². The van der Waals surface area contributed by atoms with Crippen molar-refractivity contribution >= 4 is 23.3 Å². The van der Waals surface area contributed by atoms with Crippen molar-refractivity contribution in [3.05, 3.63) is 23.8 Å². The number of rotatable bonds is 4. The Bertz CT molecular complexity index is 537. The van der Waals surface area contributed by atoms with Gasteiger partial charge in [-0.15, -0.1) is 0 Å². The van der Waals surface area contributed by atoms with Crippen molar-refractivity contribution in [3.8, 4) is 5.75 Å². The topological polar surface area (TPSA) is 83.9 Å². The van der Waals surface area contributed by atoms with Gasteiger partial charge in [0.05, 0.1) is 24.8 Å². The summed E-state index contributed by atoms with van der Waals surface area (Å²) in [4.78, 5) is 35.1. The fourth-order valence-corrected chi connectivity index (χ4v) is 1.84. The summed E-state index contributed by atoms with van der Waals surface area (Å²) in [6.45, 7) is -0.0146. The zero-order valence-corrected chi connectivity index (χ0v) is 9.67. The number of methoxy groups -OCH3 is 1. The number of hydrogen-bond donors (Lipinski definition) is 1. The molecule has 0 bridgehead atoms. The van der Waals surface area contributed by atoms with E-state index < -0.39 is 17.7 Å². The van der Waals surface area contributed by atoms with E-state index in [1.807, 2.05) is 0 Å². The van der Waals surface area contributed by atoms with Crippen LogP contribution in [0.1, 0.15) is 16.8 Å². The van der Waals surface area contributed by atoms with Crippen LogP contribution in [0.15, 0.2) is 18.2 Å². The predicted molar refractivity (Wildman–Crippen MR) is 61.9 cm³/mol. The van der Waals surface area contributed by atoms with Crippen LogP contribution in [0.3, 0.4) is 0 Å². The molecule has 0 spiro atoms. The third-order valence-electron chi connectivity index (χ3n) is 2.73. The molecular formula is C12H11NO5. The number of benzene rings is 1. The summed E-state index contributed by atoms with van der Waals surface area (Å²) in [5.41, 5.74) is 0.691. The van der Waals surface area contributed by atoms with Gasteiger partial charge in [-0.2, -0.15) is 0 Å². The van der Waals surface area contributed by atoms with Crippen LogP contribution in [0.4, 0.5) is 5.69 Å². The van der Waals surface area contributed by atoms with Gasteiger partial charge in [0.2, 0.25) is 0 Å². The minimum Gasteiger partial charge on any atom is -0.497 e. The number of carbonyl (C=O) groups is 3. The standard InChI is InChI=1S/C12H11NO5/c1-18-7-2-3-9-8(6-7)11(16)12(17)13(9)5-4-10(14)15/h2-3,6H,4-5H2,1H3,(H,14,15). The van der Waals surface area contributed by atoms with E-state index in [1.165, 1.54) is 18.1 Å². The fourth-order valence-electron chi connectivity index (χ4n) is 1.84. The normalized spacial score (nSPS) is 13.7. The van der Waals surface area contributed by atoms with Crippen LogP contribution in [-0.2, 0) is 9.59 Å². The zero-order chi connectivity index (χ0) is 13.3. The van der Waals surface area contributed by atoms with Gasteiger partial charge in [-0.3, -0.25) is 14.4 Å². The van der Waals surface area contributed by atoms with Gasteiger partial charge < -0.3 is 14.7 Å². The first-order chi connectivity index (χ1) is 8.54. The van der Waals surface area contributed by atoms with E-state index >= 15 is 0 Å². The van der Waals surface area contributed by atoms with Crippen molar-refractivity contribution in [1.82, 2.24) is 0 Å². The highest BCUT2D eigenvalue weighted by Gasteiger charge is 2.35. The molecule has 0 aliphatic carbocycles. The summed E-state index contributed by atoms with van der Waals surface area (Å²) < 4.78 is 4.98. The monoisotopic (exact) mass is 249 g/mol. The second kappa shape index (κ2) is 4.48. The number of aliphatic carboxylic acids is 1. The Kier molecular flexibility index (Phi) is 3.01. The van der Waals surface area contributed by atoms with Gasteiger partial charge in [-0.1, -0.05) is 0 Å². The molecule has 6 heteroatoms. The lowest BCUT2D eigenvalue weighted by Crippen LogP contribution is -2.31. The molecular weight excluding hydrogens is 238 g/mol.